The highest BCUT2D eigenvalue weighted by Crippen LogP contribution is 2.35. The monoisotopic (exact) mass is 375 g/mol. The molecule has 0 bridgehead atoms. The smallest absolute Gasteiger partial charge is 0.238 e. The Morgan fingerprint density at radius 3 is 2.16 bits per heavy atom. The van der Waals surface area contributed by atoms with E-state index < -0.39 is 10.8 Å². The van der Waals surface area contributed by atoms with Gasteiger partial charge >= 0.3 is 0 Å². The summed E-state index contributed by atoms with van der Waals surface area (Å²) in [4.78, 5) is 13.8. The van der Waals surface area contributed by atoms with Crippen LogP contribution in [0.25, 0.3) is 0 Å². The largest absolute Gasteiger partial charge is 0.354 e. The molecule has 0 fully saturated rings. The van der Waals surface area contributed by atoms with Gasteiger partial charge in [-0.15, -0.1) is 11.8 Å². The van der Waals surface area contributed by atoms with Gasteiger partial charge in [0, 0.05) is 32.7 Å². The van der Waals surface area contributed by atoms with Crippen molar-refractivity contribution in [3.8, 4) is 0 Å². The molecule has 1 amide bonds. The molecular weight excluding hydrogens is 350 g/mol. The molecule has 0 heterocycles. The van der Waals surface area contributed by atoms with Crippen LogP contribution < -0.4 is 5.32 Å². The third-order valence-corrected chi connectivity index (χ3v) is 6.81. The molecule has 1 N–H and O–H groups in total. The maximum Gasteiger partial charge on any atom is 0.238 e. The van der Waals surface area contributed by atoms with Crippen LogP contribution in [0.4, 0.5) is 0 Å². The highest BCUT2D eigenvalue weighted by molar-refractivity contribution is 8.00. The number of amides is 1. The molecule has 2 rings (SSSR count). The topological polar surface area (TPSA) is 46.2 Å². The molecule has 134 valence electrons. The first-order valence-electron chi connectivity index (χ1n) is 8.31. The van der Waals surface area contributed by atoms with Gasteiger partial charge in [-0.2, -0.15) is 0 Å². The molecule has 5 heteroatoms. The highest BCUT2D eigenvalue weighted by Gasteiger charge is 2.23. The second kappa shape index (κ2) is 9.20. The third kappa shape index (κ3) is 6.33. The Labute approximate surface area is 157 Å². The predicted molar refractivity (Wildman–Crippen MR) is 107 cm³/mol. The van der Waals surface area contributed by atoms with Crippen molar-refractivity contribution in [2.24, 2.45) is 0 Å². The first-order chi connectivity index (χ1) is 11.9. The van der Waals surface area contributed by atoms with Crippen LogP contribution in [0.1, 0.15) is 31.6 Å². The summed E-state index contributed by atoms with van der Waals surface area (Å²) in [6.45, 7) is 6.26. The lowest BCUT2D eigenvalue weighted by molar-refractivity contribution is -0.120. The van der Waals surface area contributed by atoms with Crippen LogP contribution in [-0.4, -0.2) is 27.2 Å². The molecule has 0 saturated heterocycles. The van der Waals surface area contributed by atoms with Crippen LogP contribution >= 0.6 is 11.8 Å². The lowest BCUT2D eigenvalue weighted by Crippen LogP contribution is -2.34. The van der Waals surface area contributed by atoms with E-state index in [0.29, 0.717) is 12.3 Å². The van der Waals surface area contributed by atoms with Gasteiger partial charge in [-0.3, -0.25) is 9.00 Å². The van der Waals surface area contributed by atoms with Gasteiger partial charge in [0.2, 0.25) is 5.91 Å². The number of nitrogens with one attached hydrogen (secondary N) is 1. The molecule has 0 aliphatic rings. The number of benzene rings is 2. The molecule has 2 aromatic carbocycles. The molecule has 25 heavy (non-hydrogen) atoms. The second-order valence-electron chi connectivity index (χ2n) is 6.67. The second-order valence-corrected chi connectivity index (χ2v) is 10.2. The fourth-order valence-electron chi connectivity index (χ4n) is 2.20. The highest BCUT2D eigenvalue weighted by atomic mass is 32.2. The Kier molecular flexibility index (Phi) is 7.26. The Balaban J connectivity index is 2.05. The molecule has 0 spiro atoms. The summed E-state index contributed by atoms with van der Waals surface area (Å²) in [5, 5.41) is 2.62. The van der Waals surface area contributed by atoms with E-state index in [-0.39, 0.29) is 15.9 Å². The van der Waals surface area contributed by atoms with Crippen LogP contribution in [0, 0.1) is 0 Å². The molecule has 2 atom stereocenters. The third-order valence-electron chi connectivity index (χ3n) is 3.61. The molecule has 0 aliphatic carbocycles. The minimum absolute atomic E-state index is 0.0500. The van der Waals surface area contributed by atoms with Crippen molar-refractivity contribution < 1.29 is 9.00 Å². The van der Waals surface area contributed by atoms with Gasteiger partial charge in [0.15, 0.2) is 0 Å². The van der Waals surface area contributed by atoms with E-state index in [9.17, 15) is 9.00 Å². The number of rotatable bonds is 7. The summed E-state index contributed by atoms with van der Waals surface area (Å²) in [6, 6.07) is 19.7. The van der Waals surface area contributed by atoms with Gasteiger partial charge in [-0.1, -0.05) is 48.5 Å². The van der Waals surface area contributed by atoms with Gasteiger partial charge in [0.25, 0.3) is 0 Å². The number of carbonyl (C=O) groups is 1. The average molecular weight is 376 g/mol. The van der Waals surface area contributed by atoms with E-state index in [4.69, 9.17) is 0 Å². The van der Waals surface area contributed by atoms with Gasteiger partial charge in [0.05, 0.1) is 0 Å². The number of thioether (sulfide) groups is 1. The van der Waals surface area contributed by atoms with Gasteiger partial charge in [0.1, 0.15) is 5.25 Å². The van der Waals surface area contributed by atoms with Crippen molar-refractivity contribution in [1.82, 2.24) is 5.32 Å². The van der Waals surface area contributed by atoms with Gasteiger partial charge in [-0.25, -0.2) is 0 Å². The molecule has 0 aromatic heterocycles. The molecule has 2 aromatic rings. The normalized spacial score (nSPS) is 13.9. The molecule has 0 radical (unpaired) electrons. The SMILES string of the molecule is CC(C)(C)S(=O)CCNC(=O)C(Sc1ccccc1)c1ccccc1. The Bertz CT molecular complexity index is 697. The van der Waals surface area contributed by atoms with Crippen molar-refractivity contribution in [2.75, 3.05) is 12.3 Å². The first kappa shape index (κ1) is 19.7. The van der Waals surface area contributed by atoms with Gasteiger partial charge in [-0.05, 0) is 38.5 Å². The van der Waals surface area contributed by atoms with Crippen molar-refractivity contribution in [1.29, 1.82) is 0 Å². The molecular formula is C20H25NO2S2. The Morgan fingerprint density at radius 2 is 1.60 bits per heavy atom. The van der Waals surface area contributed by atoms with E-state index in [1.54, 1.807) is 0 Å². The van der Waals surface area contributed by atoms with Crippen LogP contribution in [0.15, 0.2) is 65.6 Å². The van der Waals surface area contributed by atoms with Crippen molar-refractivity contribution in [2.45, 2.75) is 35.7 Å². The molecule has 0 saturated carbocycles. The minimum atomic E-state index is -0.971. The molecule has 3 nitrogen and oxygen atoms in total. The van der Waals surface area contributed by atoms with Crippen LogP contribution in [0.5, 0.6) is 0 Å². The van der Waals surface area contributed by atoms with E-state index >= 15 is 0 Å². The standard InChI is InChI=1S/C20H25NO2S2/c1-20(2,3)25(23)15-14-21-19(22)18(16-10-6-4-7-11-16)24-17-12-8-5-9-13-17/h4-13,18H,14-15H2,1-3H3,(H,21,22). The summed E-state index contributed by atoms with van der Waals surface area (Å²) in [5.41, 5.74) is 0.964. The summed E-state index contributed by atoms with van der Waals surface area (Å²) in [7, 11) is -0.971. The maximum absolute atomic E-state index is 12.7. The lowest BCUT2D eigenvalue weighted by Gasteiger charge is -2.19. The van der Waals surface area contributed by atoms with Crippen molar-refractivity contribution in [3.63, 3.8) is 0 Å². The summed E-state index contributed by atoms with van der Waals surface area (Å²) in [5.74, 6) is 0.415. The van der Waals surface area contributed by atoms with E-state index in [0.717, 1.165) is 10.5 Å². The number of hydrogen-bond acceptors (Lipinski definition) is 3. The molecule has 0 aliphatic heterocycles. The maximum atomic E-state index is 12.7. The summed E-state index contributed by atoms with van der Waals surface area (Å²) < 4.78 is 11.9. The number of carbonyl (C=O) groups excluding carboxylic acids is 1. The van der Waals surface area contributed by atoms with E-state index in [1.165, 1.54) is 11.8 Å². The van der Waals surface area contributed by atoms with Gasteiger partial charge < -0.3 is 5.32 Å². The molecule has 2 unspecified atom stereocenters. The first-order valence-corrected chi connectivity index (χ1v) is 10.5. The summed E-state index contributed by atoms with van der Waals surface area (Å²) >= 11 is 1.53. The Hall–Kier alpha value is -1.59. The van der Waals surface area contributed by atoms with Crippen molar-refractivity contribution in [3.05, 3.63) is 66.2 Å². The average Bonchev–Trinajstić information content (AvgIpc) is 2.60. The zero-order valence-electron chi connectivity index (χ0n) is 14.9. The van der Waals surface area contributed by atoms with Crippen LogP contribution in [0.2, 0.25) is 0 Å². The lowest BCUT2D eigenvalue weighted by atomic mass is 10.1. The van der Waals surface area contributed by atoms with E-state index in [2.05, 4.69) is 5.32 Å². The summed E-state index contributed by atoms with van der Waals surface area (Å²) in [6.07, 6.45) is 0. The van der Waals surface area contributed by atoms with Crippen LogP contribution in [0.3, 0.4) is 0 Å². The predicted octanol–water partition coefficient (Wildman–Crippen LogP) is 4.18. The van der Waals surface area contributed by atoms with Crippen LogP contribution in [-0.2, 0) is 15.6 Å². The zero-order chi connectivity index (χ0) is 18.3. The Morgan fingerprint density at radius 1 is 1.04 bits per heavy atom. The fraction of sp³-hybridized carbons (Fsp3) is 0.350. The number of hydrogen-bond donors (Lipinski definition) is 1. The quantitative estimate of drug-likeness (QED) is 0.738. The van der Waals surface area contributed by atoms with Crippen molar-refractivity contribution >= 4 is 28.5 Å². The minimum Gasteiger partial charge on any atom is -0.354 e. The van der Waals surface area contributed by atoms with E-state index in [1.807, 2.05) is 81.4 Å². The zero-order valence-corrected chi connectivity index (χ0v) is 16.5. The fourth-order valence-corrected chi connectivity index (χ4v) is 4.17.